The van der Waals surface area contributed by atoms with Gasteiger partial charge >= 0.3 is 5.97 Å². The van der Waals surface area contributed by atoms with Gasteiger partial charge in [-0.25, -0.2) is 8.78 Å². The number of carbonyl (C=O) groups is 2. The number of nitrogens with zero attached hydrogens (tertiary/aromatic N) is 1. The topological polar surface area (TPSA) is 78.9 Å². The normalized spacial score (nSPS) is 12.2. The van der Waals surface area contributed by atoms with E-state index in [0.717, 1.165) is 5.56 Å². The Morgan fingerprint density at radius 1 is 1.29 bits per heavy atom. The maximum absolute atomic E-state index is 12.1. The van der Waals surface area contributed by atoms with Crippen molar-refractivity contribution in [3.05, 3.63) is 29.8 Å². The number of ether oxygens (including phenoxy) is 1. The fourth-order valence-electron chi connectivity index (χ4n) is 2.03. The first-order valence-corrected chi connectivity index (χ1v) is 7.50. The summed E-state index contributed by atoms with van der Waals surface area (Å²) in [4.78, 5) is 23.8. The molecule has 1 amide bonds. The Balaban J connectivity index is 2.67. The van der Waals surface area contributed by atoms with Crippen LogP contribution in [-0.2, 0) is 16.1 Å². The van der Waals surface area contributed by atoms with Crippen LogP contribution in [0.15, 0.2) is 24.3 Å². The molecule has 0 saturated carbocycles. The molecule has 24 heavy (non-hydrogen) atoms. The summed E-state index contributed by atoms with van der Waals surface area (Å²) < 4.78 is 29.1. The second-order valence-electron chi connectivity index (χ2n) is 5.31. The Morgan fingerprint density at radius 3 is 2.42 bits per heavy atom. The van der Waals surface area contributed by atoms with E-state index in [1.54, 1.807) is 36.1 Å². The van der Waals surface area contributed by atoms with Gasteiger partial charge in [-0.15, -0.1) is 0 Å². The number of hydrogen-bond acceptors (Lipinski definition) is 4. The Hall–Kier alpha value is -2.22. The van der Waals surface area contributed by atoms with Gasteiger partial charge in [0.05, 0.1) is 0 Å². The number of amides is 1. The second kappa shape index (κ2) is 9.82. The van der Waals surface area contributed by atoms with Crippen LogP contribution in [0, 0.1) is 0 Å². The van der Waals surface area contributed by atoms with Gasteiger partial charge in [0.25, 0.3) is 6.43 Å². The molecule has 1 unspecified atom stereocenters. The van der Waals surface area contributed by atoms with Crippen LogP contribution in [0.25, 0.3) is 0 Å². The molecule has 1 rings (SSSR count). The van der Waals surface area contributed by atoms with Crippen molar-refractivity contribution >= 4 is 11.9 Å². The number of carboxylic acid groups (broad SMARTS) is 1. The van der Waals surface area contributed by atoms with E-state index in [9.17, 15) is 23.5 Å². The van der Waals surface area contributed by atoms with Gasteiger partial charge < -0.3 is 15.2 Å². The molecule has 0 saturated heterocycles. The maximum atomic E-state index is 12.1. The van der Waals surface area contributed by atoms with Gasteiger partial charge in [-0.1, -0.05) is 12.1 Å². The van der Waals surface area contributed by atoms with Crippen LogP contribution in [0.1, 0.15) is 19.4 Å². The van der Waals surface area contributed by atoms with Crippen molar-refractivity contribution in [2.24, 2.45) is 0 Å². The Bertz CT molecular complexity index is 537. The highest BCUT2D eigenvalue weighted by atomic mass is 19.3. The smallest absolute Gasteiger partial charge is 0.320 e. The van der Waals surface area contributed by atoms with Gasteiger partial charge in [0, 0.05) is 26.6 Å². The number of carbonyl (C=O) groups excluding carboxylic acids is 1. The number of benzene rings is 1. The van der Waals surface area contributed by atoms with Crippen LogP contribution >= 0.6 is 0 Å². The lowest BCUT2D eigenvalue weighted by molar-refractivity contribution is -0.142. The first kappa shape index (κ1) is 19.8. The van der Waals surface area contributed by atoms with E-state index in [-0.39, 0.29) is 5.91 Å². The van der Waals surface area contributed by atoms with Gasteiger partial charge in [-0.3, -0.25) is 14.5 Å². The molecule has 0 aliphatic carbocycles. The molecule has 2 N–H and O–H groups in total. The summed E-state index contributed by atoms with van der Waals surface area (Å²) in [5, 5.41) is 11.8. The van der Waals surface area contributed by atoms with Crippen LogP contribution in [0.3, 0.4) is 0 Å². The molecule has 0 spiro atoms. The van der Waals surface area contributed by atoms with Gasteiger partial charge in [0.1, 0.15) is 18.4 Å². The third kappa shape index (κ3) is 7.36. The lowest BCUT2D eigenvalue weighted by Gasteiger charge is -2.26. The third-order valence-electron chi connectivity index (χ3n) is 3.36. The SMILES string of the molecule is CC(=O)NCCN(Cc1ccc(OCC(F)F)cc1)C(C)C(=O)O. The van der Waals surface area contributed by atoms with E-state index in [1.807, 2.05) is 0 Å². The highest BCUT2D eigenvalue weighted by molar-refractivity contribution is 5.73. The van der Waals surface area contributed by atoms with Gasteiger partial charge in [-0.05, 0) is 24.6 Å². The Kier molecular flexibility index (Phi) is 8.11. The zero-order chi connectivity index (χ0) is 18.1. The predicted molar refractivity (Wildman–Crippen MR) is 84.1 cm³/mol. The van der Waals surface area contributed by atoms with Crippen molar-refractivity contribution in [2.45, 2.75) is 32.9 Å². The number of rotatable bonds is 10. The molecular weight excluding hydrogens is 322 g/mol. The van der Waals surface area contributed by atoms with Crippen LogP contribution in [0.4, 0.5) is 8.78 Å². The van der Waals surface area contributed by atoms with Crippen molar-refractivity contribution in [1.82, 2.24) is 10.2 Å². The molecule has 8 heteroatoms. The predicted octanol–water partition coefficient (Wildman–Crippen LogP) is 1.74. The zero-order valence-corrected chi connectivity index (χ0v) is 13.7. The molecule has 6 nitrogen and oxygen atoms in total. The molecule has 0 aliphatic heterocycles. The first-order valence-electron chi connectivity index (χ1n) is 7.50. The average molecular weight is 344 g/mol. The third-order valence-corrected chi connectivity index (χ3v) is 3.36. The van der Waals surface area contributed by atoms with E-state index in [2.05, 4.69) is 5.32 Å². The molecule has 0 radical (unpaired) electrons. The first-order chi connectivity index (χ1) is 11.3. The zero-order valence-electron chi connectivity index (χ0n) is 13.7. The molecule has 0 heterocycles. The summed E-state index contributed by atoms with van der Waals surface area (Å²) in [5.74, 6) is -0.816. The number of halogens is 2. The van der Waals surface area contributed by atoms with Crippen molar-refractivity contribution in [1.29, 1.82) is 0 Å². The highest BCUT2D eigenvalue weighted by Crippen LogP contribution is 2.15. The highest BCUT2D eigenvalue weighted by Gasteiger charge is 2.20. The van der Waals surface area contributed by atoms with E-state index < -0.39 is 25.0 Å². The molecule has 134 valence electrons. The molecule has 1 aromatic rings. The summed E-state index contributed by atoms with van der Waals surface area (Å²) in [7, 11) is 0. The van der Waals surface area contributed by atoms with E-state index in [1.165, 1.54) is 6.92 Å². The lowest BCUT2D eigenvalue weighted by Crippen LogP contribution is -2.42. The molecule has 0 fully saturated rings. The monoisotopic (exact) mass is 344 g/mol. The minimum Gasteiger partial charge on any atom is -0.488 e. The van der Waals surface area contributed by atoms with E-state index in [0.29, 0.717) is 25.4 Å². The quantitative estimate of drug-likeness (QED) is 0.676. The van der Waals surface area contributed by atoms with Gasteiger partial charge in [0.15, 0.2) is 0 Å². The molecular formula is C16H22F2N2O4. The number of nitrogens with one attached hydrogen (secondary N) is 1. The Morgan fingerprint density at radius 2 is 1.92 bits per heavy atom. The van der Waals surface area contributed by atoms with E-state index >= 15 is 0 Å². The molecule has 0 aromatic heterocycles. The number of hydrogen-bond donors (Lipinski definition) is 2. The average Bonchev–Trinajstić information content (AvgIpc) is 2.52. The van der Waals surface area contributed by atoms with E-state index in [4.69, 9.17) is 4.74 Å². The molecule has 1 atom stereocenters. The summed E-state index contributed by atoms with van der Waals surface area (Å²) in [5.41, 5.74) is 0.815. The van der Waals surface area contributed by atoms with Gasteiger partial charge in [-0.2, -0.15) is 0 Å². The number of carboxylic acids is 1. The fourth-order valence-corrected chi connectivity index (χ4v) is 2.03. The van der Waals surface area contributed by atoms with Gasteiger partial charge in [0.2, 0.25) is 5.91 Å². The Labute approximate surface area is 139 Å². The standard InChI is InChI=1S/C16H22F2N2O4/c1-11(16(22)23)20(8-7-19-12(2)21)9-13-3-5-14(6-4-13)24-10-15(17)18/h3-6,11,15H,7-10H2,1-2H3,(H,19,21)(H,22,23). The largest absolute Gasteiger partial charge is 0.488 e. The number of aliphatic carboxylic acids is 1. The van der Waals surface area contributed by atoms with Crippen molar-refractivity contribution < 1.29 is 28.2 Å². The lowest BCUT2D eigenvalue weighted by atomic mass is 10.1. The second-order valence-corrected chi connectivity index (χ2v) is 5.31. The van der Waals surface area contributed by atoms with Crippen LogP contribution < -0.4 is 10.1 Å². The van der Waals surface area contributed by atoms with Crippen LogP contribution in [0.5, 0.6) is 5.75 Å². The fraction of sp³-hybridized carbons (Fsp3) is 0.500. The molecule has 1 aromatic carbocycles. The van der Waals surface area contributed by atoms with Crippen molar-refractivity contribution in [3.8, 4) is 5.75 Å². The van der Waals surface area contributed by atoms with Crippen LogP contribution in [-0.4, -0.2) is 54.0 Å². The maximum Gasteiger partial charge on any atom is 0.320 e. The van der Waals surface area contributed by atoms with Crippen molar-refractivity contribution in [2.75, 3.05) is 19.7 Å². The van der Waals surface area contributed by atoms with Crippen LogP contribution in [0.2, 0.25) is 0 Å². The summed E-state index contributed by atoms with van der Waals surface area (Å²) in [6.07, 6.45) is -2.54. The van der Waals surface area contributed by atoms with Crippen molar-refractivity contribution in [3.63, 3.8) is 0 Å². The molecule has 0 bridgehead atoms. The summed E-state index contributed by atoms with van der Waals surface area (Å²) in [6, 6.07) is 5.79. The minimum atomic E-state index is -2.54. The summed E-state index contributed by atoms with van der Waals surface area (Å²) in [6.45, 7) is 3.35. The number of alkyl halides is 2. The minimum absolute atomic E-state index is 0.182. The summed E-state index contributed by atoms with van der Waals surface area (Å²) >= 11 is 0. The molecule has 0 aliphatic rings.